The summed E-state index contributed by atoms with van der Waals surface area (Å²) in [5, 5.41) is 3.07. The minimum atomic E-state index is -3.69. The molecule has 2 aromatic carbocycles. The van der Waals surface area contributed by atoms with Crippen LogP contribution in [-0.4, -0.2) is 62.9 Å². The summed E-state index contributed by atoms with van der Waals surface area (Å²) in [6.07, 6.45) is 1.31. The lowest BCUT2D eigenvalue weighted by Crippen LogP contribution is -2.48. The summed E-state index contributed by atoms with van der Waals surface area (Å²) in [5.74, 6) is 2.05. The standard InChI is InChI=1S/C23H26N4O5S/c28-23(7-3-6-22-24-18-4-1-2-5-21(18)33(29,30)25-22)27-12-10-26(11-13-27)15-17-8-9-19-20(14-17)32-16-31-19/h1-2,4-5,8-9,14H,3,6-7,10-13,15-16H2,(H,24,25). The Hall–Kier alpha value is -3.11. The van der Waals surface area contributed by atoms with Crippen molar-refractivity contribution in [2.45, 2.75) is 30.7 Å². The molecule has 3 heterocycles. The summed E-state index contributed by atoms with van der Waals surface area (Å²) in [4.78, 5) is 17.1. The summed E-state index contributed by atoms with van der Waals surface area (Å²) in [5.41, 5.74) is 1.70. The van der Waals surface area contributed by atoms with E-state index in [-0.39, 0.29) is 17.6 Å². The Labute approximate surface area is 193 Å². The Balaban J connectivity index is 1.07. The minimum absolute atomic E-state index is 0.0948. The largest absolute Gasteiger partial charge is 0.454 e. The van der Waals surface area contributed by atoms with E-state index in [1.807, 2.05) is 23.1 Å². The fourth-order valence-corrected chi connectivity index (χ4v) is 5.47. The van der Waals surface area contributed by atoms with Gasteiger partial charge in [0.25, 0.3) is 10.0 Å². The smallest absolute Gasteiger partial charge is 0.286 e. The van der Waals surface area contributed by atoms with E-state index < -0.39 is 10.0 Å². The first kappa shape index (κ1) is 21.7. The highest BCUT2D eigenvalue weighted by atomic mass is 32.2. The normalized spacial score (nSPS) is 18.9. The van der Waals surface area contributed by atoms with Crippen LogP contribution in [-0.2, 0) is 21.4 Å². The number of nitrogens with one attached hydrogen (secondary N) is 1. The monoisotopic (exact) mass is 470 g/mol. The van der Waals surface area contributed by atoms with Crippen molar-refractivity contribution in [2.75, 3.05) is 38.3 Å². The molecule has 0 bridgehead atoms. The van der Waals surface area contributed by atoms with Crippen molar-refractivity contribution in [3.63, 3.8) is 0 Å². The minimum Gasteiger partial charge on any atom is -0.454 e. The quantitative estimate of drug-likeness (QED) is 0.692. The number of nitrogens with zero attached hydrogens (tertiary/aromatic N) is 3. The summed E-state index contributed by atoms with van der Waals surface area (Å²) >= 11 is 0. The van der Waals surface area contributed by atoms with Crippen molar-refractivity contribution < 1.29 is 22.7 Å². The van der Waals surface area contributed by atoms with Gasteiger partial charge in [-0.05, 0) is 36.2 Å². The number of fused-ring (bicyclic) bond motifs is 2. The summed E-state index contributed by atoms with van der Waals surface area (Å²) in [6.45, 7) is 4.06. The Kier molecular flexibility index (Phi) is 5.94. The number of sulfonamides is 1. The lowest BCUT2D eigenvalue weighted by atomic mass is 10.1. The van der Waals surface area contributed by atoms with Crippen LogP contribution >= 0.6 is 0 Å². The van der Waals surface area contributed by atoms with Crippen LogP contribution in [0.4, 0.5) is 5.69 Å². The van der Waals surface area contributed by atoms with Gasteiger partial charge in [-0.1, -0.05) is 18.2 Å². The first-order valence-electron chi connectivity index (χ1n) is 11.1. The molecule has 10 heteroatoms. The topological polar surface area (TPSA) is 101 Å². The van der Waals surface area contributed by atoms with E-state index in [1.165, 1.54) is 6.07 Å². The maximum Gasteiger partial charge on any atom is 0.286 e. The second-order valence-electron chi connectivity index (χ2n) is 8.33. The highest BCUT2D eigenvalue weighted by Crippen LogP contribution is 2.33. The maximum absolute atomic E-state index is 12.7. The van der Waals surface area contributed by atoms with Crippen LogP contribution in [0.15, 0.2) is 51.8 Å². The second kappa shape index (κ2) is 9.03. The number of hydrogen-bond acceptors (Lipinski definition) is 7. The molecule has 0 unspecified atom stereocenters. The molecule has 174 valence electrons. The number of amides is 1. The molecule has 1 N–H and O–H groups in total. The molecule has 2 aromatic rings. The van der Waals surface area contributed by atoms with Gasteiger partial charge in [0.2, 0.25) is 12.7 Å². The summed E-state index contributed by atoms with van der Waals surface area (Å²) in [6, 6.07) is 12.7. The summed E-state index contributed by atoms with van der Waals surface area (Å²) < 4.78 is 39.3. The molecule has 0 aromatic heterocycles. The van der Waals surface area contributed by atoms with Crippen molar-refractivity contribution in [3.8, 4) is 11.5 Å². The van der Waals surface area contributed by atoms with Gasteiger partial charge >= 0.3 is 0 Å². The average molecular weight is 471 g/mol. The third-order valence-electron chi connectivity index (χ3n) is 6.05. The van der Waals surface area contributed by atoms with Gasteiger partial charge in [0.05, 0.1) is 5.69 Å². The number of carbonyl (C=O) groups excluding carboxylic acids is 1. The molecule has 0 aliphatic carbocycles. The molecule has 0 atom stereocenters. The molecular weight excluding hydrogens is 444 g/mol. The molecule has 0 saturated carbocycles. The number of anilines is 1. The Morgan fingerprint density at radius 3 is 2.67 bits per heavy atom. The SMILES string of the molecule is O=C(CCCC1=NS(=O)(=O)c2ccccc2N1)N1CCN(Cc2ccc3c(c2)OCO3)CC1. The predicted molar refractivity (Wildman–Crippen MR) is 123 cm³/mol. The van der Waals surface area contributed by atoms with E-state index >= 15 is 0 Å². The van der Waals surface area contributed by atoms with Gasteiger partial charge in [-0.15, -0.1) is 4.40 Å². The van der Waals surface area contributed by atoms with Crippen molar-refractivity contribution >= 4 is 27.5 Å². The number of amidine groups is 1. The molecule has 0 spiro atoms. The number of hydrogen-bond donors (Lipinski definition) is 1. The number of ether oxygens (including phenoxy) is 2. The Morgan fingerprint density at radius 1 is 1.03 bits per heavy atom. The van der Waals surface area contributed by atoms with E-state index in [1.54, 1.807) is 18.2 Å². The Morgan fingerprint density at radius 2 is 1.82 bits per heavy atom. The van der Waals surface area contributed by atoms with Crippen LogP contribution in [0.1, 0.15) is 24.8 Å². The molecule has 1 fully saturated rings. The molecule has 1 saturated heterocycles. The van der Waals surface area contributed by atoms with Gasteiger partial charge in [-0.25, -0.2) is 0 Å². The van der Waals surface area contributed by atoms with Crippen molar-refractivity contribution in [3.05, 3.63) is 48.0 Å². The van der Waals surface area contributed by atoms with Gasteiger partial charge in [-0.2, -0.15) is 8.42 Å². The first-order valence-corrected chi connectivity index (χ1v) is 12.5. The zero-order valence-corrected chi connectivity index (χ0v) is 19.0. The molecule has 9 nitrogen and oxygen atoms in total. The van der Waals surface area contributed by atoms with Gasteiger partial charge in [0.1, 0.15) is 10.7 Å². The number of benzene rings is 2. The van der Waals surface area contributed by atoms with Crippen molar-refractivity contribution in [1.29, 1.82) is 0 Å². The second-order valence-corrected chi connectivity index (χ2v) is 9.90. The van der Waals surface area contributed by atoms with Crippen LogP contribution in [0, 0.1) is 0 Å². The van der Waals surface area contributed by atoms with Crippen molar-refractivity contribution in [2.24, 2.45) is 4.40 Å². The van der Waals surface area contributed by atoms with E-state index in [9.17, 15) is 13.2 Å². The molecule has 33 heavy (non-hydrogen) atoms. The van der Waals surface area contributed by atoms with E-state index in [2.05, 4.69) is 14.6 Å². The fraction of sp³-hybridized carbons (Fsp3) is 0.391. The zero-order chi connectivity index (χ0) is 22.8. The van der Waals surface area contributed by atoms with Crippen LogP contribution in [0.2, 0.25) is 0 Å². The number of rotatable bonds is 6. The van der Waals surface area contributed by atoms with Crippen LogP contribution in [0.25, 0.3) is 0 Å². The van der Waals surface area contributed by atoms with Gasteiger partial charge < -0.3 is 19.7 Å². The molecule has 1 amide bonds. The number of para-hydroxylation sites is 1. The molecular formula is C23H26N4O5S. The maximum atomic E-state index is 12.7. The van der Waals surface area contributed by atoms with Crippen LogP contribution in [0.3, 0.4) is 0 Å². The van der Waals surface area contributed by atoms with Crippen molar-refractivity contribution in [1.82, 2.24) is 9.80 Å². The number of carbonyl (C=O) groups is 1. The van der Waals surface area contributed by atoms with E-state index in [0.29, 0.717) is 43.9 Å². The van der Waals surface area contributed by atoms with Gasteiger partial charge in [-0.3, -0.25) is 9.69 Å². The average Bonchev–Trinajstić information content (AvgIpc) is 3.27. The fourth-order valence-electron chi connectivity index (χ4n) is 4.29. The highest BCUT2D eigenvalue weighted by molar-refractivity contribution is 7.90. The van der Waals surface area contributed by atoms with Gasteiger partial charge in [0.15, 0.2) is 11.5 Å². The molecule has 3 aliphatic heterocycles. The highest BCUT2D eigenvalue weighted by Gasteiger charge is 2.25. The van der Waals surface area contributed by atoms with E-state index in [0.717, 1.165) is 36.7 Å². The summed E-state index contributed by atoms with van der Waals surface area (Å²) in [7, 11) is -3.69. The van der Waals surface area contributed by atoms with E-state index in [4.69, 9.17) is 9.47 Å². The Bertz CT molecular complexity index is 1190. The third kappa shape index (κ3) is 4.81. The predicted octanol–water partition coefficient (Wildman–Crippen LogP) is 2.44. The van der Waals surface area contributed by atoms with Crippen LogP contribution < -0.4 is 14.8 Å². The zero-order valence-electron chi connectivity index (χ0n) is 18.2. The lowest BCUT2D eigenvalue weighted by molar-refractivity contribution is -0.133. The van der Waals surface area contributed by atoms with Gasteiger partial charge in [0, 0.05) is 45.6 Å². The van der Waals surface area contributed by atoms with Crippen LogP contribution in [0.5, 0.6) is 11.5 Å². The number of piperazine rings is 1. The molecule has 3 aliphatic rings. The first-order chi connectivity index (χ1) is 16.0. The molecule has 0 radical (unpaired) electrons. The molecule has 5 rings (SSSR count). The lowest BCUT2D eigenvalue weighted by Gasteiger charge is -2.35. The third-order valence-corrected chi connectivity index (χ3v) is 7.42.